The van der Waals surface area contributed by atoms with E-state index in [4.69, 9.17) is 0 Å². The van der Waals surface area contributed by atoms with E-state index >= 15 is 0 Å². The molecule has 0 aliphatic carbocycles. The first-order chi connectivity index (χ1) is 13.1. The van der Waals surface area contributed by atoms with Gasteiger partial charge in [-0.2, -0.15) is 5.10 Å². The van der Waals surface area contributed by atoms with Gasteiger partial charge in [-0.3, -0.25) is 9.48 Å². The Balaban J connectivity index is 1.65. The van der Waals surface area contributed by atoms with Crippen molar-refractivity contribution in [3.05, 3.63) is 88.2 Å². The first-order valence-corrected chi connectivity index (χ1v) is 9.73. The van der Waals surface area contributed by atoms with Gasteiger partial charge >= 0.3 is 0 Å². The Morgan fingerprint density at radius 3 is 2.41 bits per heavy atom. The van der Waals surface area contributed by atoms with Gasteiger partial charge in [-0.25, -0.2) is 0 Å². The van der Waals surface area contributed by atoms with E-state index in [0.29, 0.717) is 12.1 Å². The number of nitrogens with one attached hydrogen (secondary N) is 1. The van der Waals surface area contributed by atoms with Crippen LogP contribution in [-0.4, -0.2) is 22.2 Å². The molecule has 1 N–H and O–H groups in total. The van der Waals surface area contributed by atoms with E-state index in [1.807, 2.05) is 84.5 Å². The van der Waals surface area contributed by atoms with Crippen molar-refractivity contribution >= 4 is 33.5 Å². The van der Waals surface area contributed by atoms with E-state index < -0.39 is 0 Å². The first-order valence-electron chi connectivity index (χ1n) is 8.93. The van der Waals surface area contributed by atoms with Gasteiger partial charge in [-0.1, -0.05) is 60.7 Å². The summed E-state index contributed by atoms with van der Waals surface area (Å²) in [7, 11) is 0. The zero-order valence-corrected chi connectivity index (χ0v) is 16.8. The maximum Gasteiger partial charge on any atom is 0.251 e. The second-order valence-electron chi connectivity index (χ2n) is 6.27. The summed E-state index contributed by atoms with van der Waals surface area (Å²) in [6, 6.07) is 19.6. The molecule has 3 rings (SSSR count). The number of benzene rings is 2. The number of amides is 1. The Bertz CT molecular complexity index is 898. The predicted octanol–water partition coefficient (Wildman–Crippen LogP) is 4.70. The number of halogens is 1. The highest BCUT2D eigenvalue weighted by Crippen LogP contribution is 2.18. The minimum atomic E-state index is -0.0668. The average Bonchev–Trinajstić information content (AvgIpc) is 3.02. The summed E-state index contributed by atoms with van der Waals surface area (Å²) in [5.41, 5.74) is 3.55. The van der Waals surface area contributed by atoms with Gasteiger partial charge in [0.25, 0.3) is 5.91 Å². The van der Waals surface area contributed by atoms with Crippen LogP contribution in [0.5, 0.6) is 0 Å². The molecule has 3 aromatic rings. The minimum absolute atomic E-state index is 0.0668. The number of carbonyl (C=O) groups excluding carboxylic acids is 1. The smallest absolute Gasteiger partial charge is 0.251 e. The Kier molecular flexibility index (Phi) is 6.60. The lowest BCUT2D eigenvalue weighted by Gasteiger charge is -2.10. The highest BCUT2D eigenvalue weighted by molar-refractivity contribution is 9.10. The first kappa shape index (κ1) is 19.1. The van der Waals surface area contributed by atoms with Crippen LogP contribution in [-0.2, 0) is 11.3 Å². The van der Waals surface area contributed by atoms with Crippen LogP contribution >= 0.6 is 15.9 Å². The molecular formula is C22H22BrN3O. The molecule has 2 aromatic carbocycles. The fraction of sp³-hybridized carbons (Fsp3) is 0.182. The molecule has 0 spiro atoms. The Morgan fingerprint density at radius 1 is 1.11 bits per heavy atom. The van der Waals surface area contributed by atoms with Crippen LogP contribution in [0.3, 0.4) is 0 Å². The molecule has 0 saturated carbocycles. The third kappa shape index (κ3) is 5.41. The second-order valence-corrected chi connectivity index (χ2v) is 7.12. The van der Waals surface area contributed by atoms with Crippen LogP contribution in [0.2, 0.25) is 0 Å². The maximum atomic E-state index is 12.8. The van der Waals surface area contributed by atoms with Gasteiger partial charge in [0.2, 0.25) is 0 Å². The van der Waals surface area contributed by atoms with E-state index in [2.05, 4.69) is 26.3 Å². The van der Waals surface area contributed by atoms with Gasteiger partial charge in [0.05, 0.1) is 10.2 Å². The number of hydrogen-bond donors (Lipinski definition) is 1. The largest absolute Gasteiger partial charge is 0.352 e. The number of aromatic nitrogens is 2. The summed E-state index contributed by atoms with van der Waals surface area (Å²) in [5.74, 6) is -0.0668. The van der Waals surface area contributed by atoms with E-state index in [1.54, 1.807) is 0 Å². The molecule has 0 unspecified atom stereocenters. The maximum absolute atomic E-state index is 12.8. The zero-order chi connectivity index (χ0) is 19.1. The summed E-state index contributed by atoms with van der Waals surface area (Å²) in [4.78, 5) is 12.8. The Labute approximate surface area is 168 Å². The van der Waals surface area contributed by atoms with Gasteiger partial charge < -0.3 is 5.32 Å². The van der Waals surface area contributed by atoms with Gasteiger partial charge in [-0.05, 0) is 46.5 Å². The summed E-state index contributed by atoms with van der Waals surface area (Å²) in [6.45, 7) is 3.31. The molecule has 1 heterocycles. The van der Waals surface area contributed by atoms with Crippen LogP contribution in [0.15, 0.2) is 71.3 Å². The van der Waals surface area contributed by atoms with Gasteiger partial charge in [0.15, 0.2) is 0 Å². The molecule has 27 heavy (non-hydrogen) atoms. The number of nitrogens with zero attached hydrogens (tertiary/aromatic N) is 2. The highest BCUT2D eigenvalue weighted by Gasteiger charge is 2.11. The Hall–Kier alpha value is -2.66. The monoisotopic (exact) mass is 423 g/mol. The molecule has 0 atom stereocenters. The molecule has 0 fully saturated rings. The third-order valence-corrected chi connectivity index (χ3v) is 4.95. The summed E-state index contributed by atoms with van der Waals surface area (Å²) in [5, 5.41) is 7.44. The van der Waals surface area contributed by atoms with Crippen molar-refractivity contribution in [1.82, 2.24) is 15.1 Å². The van der Waals surface area contributed by atoms with Crippen molar-refractivity contribution in [1.29, 1.82) is 0 Å². The van der Waals surface area contributed by atoms with Crippen LogP contribution in [0, 0.1) is 6.92 Å². The average molecular weight is 424 g/mol. The molecule has 0 radical (unpaired) electrons. The predicted molar refractivity (Wildman–Crippen MR) is 113 cm³/mol. The lowest BCUT2D eigenvalue weighted by Crippen LogP contribution is -2.26. The molecule has 0 bridgehead atoms. The van der Waals surface area contributed by atoms with Crippen molar-refractivity contribution in [3.8, 4) is 0 Å². The third-order valence-electron chi connectivity index (χ3n) is 4.18. The standard InChI is InChI=1S/C22H22BrN3O/c1-17-21(23)16-26(25-17)14-8-13-24-22(27)20(19-11-6-3-7-12-19)15-18-9-4-2-5-10-18/h2-7,9-12,15-16H,8,13-14H2,1H3,(H,24,27)/b20-15-. The van der Waals surface area contributed by atoms with Crippen molar-refractivity contribution in [2.45, 2.75) is 19.9 Å². The lowest BCUT2D eigenvalue weighted by atomic mass is 10.0. The second kappa shape index (κ2) is 9.33. The summed E-state index contributed by atoms with van der Waals surface area (Å²) < 4.78 is 2.90. The van der Waals surface area contributed by atoms with Crippen LogP contribution in [0.1, 0.15) is 23.2 Å². The van der Waals surface area contributed by atoms with E-state index in [0.717, 1.165) is 34.3 Å². The number of aryl methyl sites for hydroxylation is 2. The minimum Gasteiger partial charge on any atom is -0.352 e. The van der Waals surface area contributed by atoms with E-state index in [9.17, 15) is 4.79 Å². The molecule has 4 nitrogen and oxygen atoms in total. The fourth-order valence-corrected chi connectivity index (χ4v) is 3.08. The topological polar surface area (TPSA) is 46.9 Å². The zero-order valence-electron chi connectivity index (χ0n) is 15.2. The molecule has 5 heteroatoms. The SMILES string of the molecule is Cc1nn(CCCNC(=O)/C(=C\c2ccccc2)c2ccccc2)cc1Br. The lowest BCUT2D eigenvalue weighted by molar-refractivity contribution is -0.115. The van der Waals surface area contributed by atoms with Crippen LogP contribution in [0.4, 0.5) is 0 Å². The quantitative estimate of drug-likeness (QED) is 0.340. The molecule has 1 aromatic heterocycles. The number of carbonyl (C=O) groups is 1. The van der Waals surface area contributed by atoms with Gasteiger partial charge in [0, 0.05) is 24.9 Å². The molecule has 0 saturated heterocycles. The molecule has 0 aliphatic rings. The van der Waals surface area contributed by atoms with Crippen molar-refractivity contribution in [3.63, 3.8) is 0 Å². The van der Waals surface area contributed by atoms with Gasteiger partial charge in [-0.15, -0.1) is 0 Å². The molecule has 138 valence electrons. The van der Waals surface area contributed by atoms with Crippen LogP contribution < -0.4 is 5.32 Å². The normalized spacial score (nSPS) is 11.4. The number of hydrogen-bond acceptors (Lipinski definition) is 2. The van der Waals surface area contributed by atoms with E-state index in [1.165, 1.54) is 0 Å². The molecule has 1 amide bonds. The number of rotatable bonds is 7. The van der Waals surface area contributed by atoms with Crippen molar-refractivity contribution in [2.75, 3.05) is 6.54 Å². The molecule has 0 aliphatic heterocycles. The summed E-state index contributed by atoms with van der Waals surface area (Å²) >= 11 is 3.46. The van der Waals surface area contributed by atoms with Crippen molar-refractivity contribution in [2.24, 2.45) is 0 Å². The molecular weight excluding hydrogens is 402 g/mol. The Morgan fingerprint density at radius 2 is 1.78 bits per heavy atom. The summed E-state index contributed by atoms with van der Waals surface area (Å²) in [6.07, 6.45) is 4.70. The van der Waals surface area contributed by atoms with E-state index in [-0.39, 0.29) is 5.91 Å². The van der Waals surface area contributed by atoms with Crippen molar-refractivity contribution < 1.29 is 4.79 Å². The highest BCUT2D eigenvalue weighted by atomic mass is 79.9. The van der Waals surface area contributed by atoms with Crippen LogP contribution in [0.25, 0.3) is 11.6 Å². The fourth-order valence-electron chi connectivity index (χ4n) is 2.76. The van der Waals surface area contributed by atoms with Gasteiger partial charge in [0.1, 0.15) is 0 Å².